The molecule has 3 heteroatoms. The van der Waals surface area contributed by atoms with Crippen LogP contribution in [-0.2, 0) is 11.3 Å². The summed E-state index contributed by atoms with van der Waals surface area (Å²) in [7, 11) is 0. The molecule has 1 aromatic rings. The Labute approximate surface area is 116 Å². The second-order valence-corrected chi connectivity index (χ2v) is 6.03. The molecule has 0 saturated carbocycles. The van der Waals surface area contributed by atoms with Gasteiger partial charge in [-0.3, -0.25) is 10.1 Å². The molecule has 2 rings (SSSR count). The van der Waals surface area contributed by atoms with E-state index >= 15 is 0 Å². The molecule has 1 amide bonds. The molecule has 1 aromatic carbocycles. The fraction of sp³-hybridized carbons (Fsp3) is 0.562. The summed E-state index contributed by atoms with van der Waals surface area (Å²) >= 11 is 0. The van der Waals surface area contributed by atoms with Gasteiger partial charge in [0.1, 0.15) is 0 Å². The first-order chi connectivity index (χ1) is 9.00. The van der Waals surface area contributed by atoms with E-state index in [9.17, 15) is 4.79 Å². The lowest BCUT2D eigenvalue weighted by Gasteiger charge is -2.27. The summed E-state index contributed by atoms with van der Waals surface area (Å²) in [5.41, 5.74) is 1.19. The Morgan fingerprint density at radius 3 is 2.26 bits per heavy atom. The summed E-state index contributed by atoms with van der Waals surface area (Å²) in [5, 5.41) is 3.49. The molecule has 1 saturated heterocycles. The van der Waals surface area contributed by atoms with Crippen molar-refractivity contribution in [2.24, 2.45) is 11.8 Å². The molecule has 0 spiro atoms. The summed E-state index contributed by atoms with van der Waals surface area (Å²) in [4.78, 5) is 14.5. The van der Waals surface area contributed by atoms with E-state index in [0.717, 1.165) is 0 Å². The summed E-state index contributed by atoms with van der Waals surface area (Å²) in [6.45, 7) is 9.20. The Balaban J connectivity index is 2.18. The molecular formula is C16H24N2O. The number of amides is 1. The van der Waals surface area contributed by atoms with E-state index in [1.54, 1.807) is 0 Å². The van der Waals surface area contributed by atoms with Gasteiger partial charge in [-0.25, -0.2) is 0 Å². The molecule has 1 N–H and O–H groups in total. The Morgan fingerprint density at radius 2 is 1.74 bits per heavy atom. The van der Waals surface area contributed by atoms with Crippen LogP contribution in [0.1, 0.15) is 33.3 Å². The highest BCUT2D eigenvalue weighted by atomic mass is 16.2. The van der Waals surface area contributed by atoms with Gasteiger partial charge in [-0.05, 0) is 17.4 Å². The molecule has 3 nitrogen and oxygen atoms in total. The van der Waals surface area contributed by atoms with Crippen molar-refractivity contribution in [2.45, 2.75) is 46.4 Å². The predicted octanol–water partition coefficient (Wildman–Crippen LogP) is 2.63. The molecule has 19 heavy (non-hydrogen) atoms. The lowest BCUT2D eigenvalue weighted by atomic mass is 10.0. The molecule has 1 aliphatic rings. The van der Waals surface area contributed by atoms with Crippen molar-refractivity contribution in [3.05, 3.63) is 35.9 Å². The zero-order valence-electron chi connectivity index (χ0n) is 12.3. The van der Waals surface area contributed by atoms with Crippen molar-refractivity contribution in [1.29, 1.82) is 0 Å². The van der Waals surface area contributed by atoms with Gasteiger partial charge in [0.15, 0.2) is 0 Å². The summed E-state index contributed by atoms with van der Waals surface area (Å²) in [6.07, 6.45) is 0.139. The average Bonchev–Trinajstić information content (AvgIpc) is 2.69. The zero-order valence-corrected chi connectivity index (χ0v) is 12.3. The topological polar surface area (TPSA) is 32.3 Å². The fourth-order valence-corrected chi connectivity index (χ4v) is 2.65. The van der Waals surface area contributed by atoms with E-state index < -0.39 is 0 Å². The molecule has 0 aromatic heterocycles. The molecule has 104 valence electrons. The SMILES string of the molecule is CC(C)[C@@H]1N[C@@H](C(C)C)N(Cc2ccccc2)C1=O. The monoisotopic (exact) mass is 260 g/mol. The molecule has 0 aliphatic carbocycles. The molecule has 0 radical (unpaired) electrons. The van der Waals surface area contributed by atoms with Crippen LogP contribution in [0.25, 0.3) is 0 Å². The van der Waals surface area contributed by atoms with Gasteiger partial charge in [0.25, 0.3) is 0 Å². The van der Waals surface area contributed by atoms with E-state index in [2.05, 4.69) is 45.1 Å². The number of rotatable bonds is 4. The van der Waals surface area contributed by atoms with Crippen LogP contribution in [0.5, 0.6) is 0 Å². The van der Waals surface area contributed by atoms with Crippen LogP contribution >= 0.6 is 0 Å². The zero-order chi connectivity index (χ0) is 14.0. The first-order valence-corrected chi connectivity index (χ1v) is 7.11. The van der Waals surface area contributed by atoms with Gasteiger partial charge in [-0.2, -0.15) is 0 Å². The molecule has 2 atom stereocenters. The number of nitrogens with one attached hydrogen (secondary N) is 1. The minimum Gasteiger partial charge on any atom is -0.321 e. The number of hydrogen-bond acceptors (Lipinski definition) is 2. The Morgan fingerprint density at radius 1 is 1.11 bits per heavy atom. The quantitative estimate of drug-likeness (QED) is 0.902. The van der Waals surface area contributed by atoms with Gasteiger partial charge < -0.3 is 4.90 Å². The standard InChI is InChI=1S/C16H24N2O/c1-11(2)14-16(19)18(15(17-14)12(3)4)10-13-8-6-5-7-9-13/h5-9,11-12,14-15,17H,10H2,1-4H3/t14-,15+/m0/s1. The van der Waals surface area contributed by atoms with E-state index in [-0.39, 0.29) is 18.1 Å². The van der Waals surface area contributed by atoms with Crippen LogP contribution in [0.15, 0.2) is 30.3 Å². The number of nitrogens with zero attached hydrogens (tertiary/aromatic N) is 1. The smallest absolute Gasteiger partial charge is 0.241 e. The molecule has 0 bridgehead atoms. The lowest BCUT2D eigenvalue weighted by molar-refractivity contribution is -0.131. The highest BCUT2D eigenvalue weighted by Crippen LogP contribution is 2.23. The molecular weight excluding hydrogens is 236 g/mol. The van der Waals surface area contributed by atoms with Crippen molar-refractivity contribution >= 4 is 5.91 Å². The van der Waals surface area contributed by atoms with Gasteiger partial charge in [0.05, 0.1) is 12.2 Å². The average molecular weight is 260 g/mol. The predicted molar refractivity (Wildman–Crippen MR) is 77.4 cm³/mol. The van der Waals surface area contributed by atoms with Gasteiger partial charge in [0, 0.05) is 6.54 Å². The van der Waals surface area contributed by atoms with E-state index in [4.69, 9.17) is 0 Å². The van der Waals surface area contributed by atoms with Crippen molar-refractivity contribution in [3.63, 3.8) is 0 Å². The van der Waals surface area contributed by atoms with E-state index in [0.29, 0.717) is 18.4 Å². The number of carbonyl (C=O) groups is 1. The first kappa shape index (κ1) is 14.1. The normalized spacial score (nSPS) is 23.7. The van der Waals surface area contributed by atoms with Crippen LogP contribution in [0.2, 0.25) is 0 Å². The van der Waals surface area contributed by atoms with Crippen molar-refractivity contribution < 1.29 is 4.79 Å². The minimum atomic E-state index is -0.0453. The number of carbonyl (C=O) groups excluding carboxylic acids is 1. The Hall–Kier alpha value is -1.35. The third-order valence-corrected chi connectivity index (χ3v) is 3.73. The van der Waals surface area contributed by atoms with Gasteiger partial charge in [-0.15, -0.1) is 0 Å². The maximum absolute atomic E-state index is 12.5. The highest BCUT2D eigenvalue weighted by Gasteiger charge is 2.41. The van der Waals surface area contributed by atoms with Crippen molar-refractivity contribution in [1.82, 2.24) is 10.2 Å². The number of benzene rings is 1. The molecule has 0 unspecified atom stereocenters. The van der Waals surface area contributed by atoms with Crippen molar-refractivity contribution in [3.8, 4) is 0 Å². The fourth-order valence-electron chi connectivity index (χ4n) is 2.65. The minimum absolute atomic E-state index is 0.0453. The maximum atomic E-state index is 12.5. The molecule has 1 heterocycles. The third kappa shape index (κ3) is 2.98. The summed E-state index contributed by atoms with van der Waals surface area (Å²) in [5.74, 6) is 0.975. The van der Waals surface area contributed by atoms with Gasteiger partial charge in [0.2, 0.25) is 5.91 Å². The Kier molecular flexibility index (Phi) is 4.25. The van der Waals surface area contributed by atoms with Gasteiger partial charge >= 0.3 is 0 Å². The lowest BCUT2D eigenvalue weighted by Crippen LogP contribution is -2.41. The summed E-state index contributed by atoms with van der Waals surface area (Å²) in [6, 6.07) is 10.2. The van der Waals surface area contributed by atoms with Gasteiger partial charge in [-0.1, -0.05) is 58.0 Å². The second-order valence-electron chi connectivity index (χ2n) is 6.03. The maximum Gasteiger partial charge on any atom is 0.241 e. The van der Waals surface area contributed by atoms with Crippen molar-refractivity contribution in [2.75, 3.05) is 0 Å². The van der Waals surface area contributed by atoms with Crippen LogP contribution in [0.4, 0.5) is 0 Å². The van der Waals surface area contributed by atoms with Crippen LogP contribution in [-0.4, -0.2) is 23.0 Å². The number of hydrogen-bond donors (Lipinski definition) is 1. The van der Waals surface area contributed by atoms with Crippen LogP contribution in [0.3, 0.4) is 0 Å². The summed E-state index contributed by atoms with van der Waals surface area (Å²) < 4.78 is 0. The van der Waals surface area contributed by atoms with Crippen LogP contribution in [0, 0.1) is 11.8 Å². The van der Waals surface area contributed by atoms with E-state index in [1.165, 1.54) is 5.56 Å². The largest absolute Gasteiger partial charge is 0.321 e. The molecule has 1 aliphatic heterocycles. The highest BCUT2D eigenvalue weighted by molar-refractivity contribution is 5.84. The second kappa shape index (κ2) is 5.74. The van der Waals surface area contributed by atoms with Crippen LogP contribution < -0.4 is 5.32 Å². The molecule has 1 fully saturated rings. The Bertz CT molecular complexity index is 428. The third-order valence-electron chi connectivity index (χ3n) is 3.73. The first-order valence-electron chi connectivity index (χ1n) is 7.11. The van der Waals surface area contributed by atoms with E-state index in [1.807, 2.05) is 23.1 Å².